The number of nitrogens with zero attached hydrogens (tertiary/aromatic N) is 1. The van der Waals surface area contributed by atoms with Crippen molar-refractivity contribution < 1.29 is 4.79 Å². The summed E-state index contributed by atoms with van der Waals surface area (Å²) in [5, 5.41) is 7.57. The van der Waals surface area contributed by atoms with E-state index in [0.29, 0.717) is 6.54 Å². The predicted octanol–water partition coefficient (Wildman–Crippen LogP) is 4.59. The smallest absolute Gasteiger partial charge is 0.263 e. The second-order valence-corrected chi connectivity index (χ2v) is 7.53. The van der Waals surface area contributed by atoms with E-state index >= 15 is 0 Å². The molecule has 1 aromatic carbocycles. The van der Waals surface area contributed by atoms with Crippen molar-refractivity contribution >= 4 is 38.7 Å². The first kappa shape index (κ1) is 16.1. The van der Waals surface area contributed by atoms with Gasteiger partial charge in [-0.25, -0.2) is 4.98 Å². The monoisotopic (exact) mass is 344 g/mol. The van der Waals surface area contributed by atoms with Crippen LogP contribution < -0.4 is 5.32 Å². The molecule has 0 aliphatic rings. The zero-order chi connectivity index (χ0) is 16.2. The van der Waals surface area contributed by atoms with E-state index in [1.807, 2.05) is 6.92 Å². The van der Waals surface area contributed by atoms with Gasteiger partial charge in [0.05, 0.1) is 10.7 Å². The van der Waals surface area contributed by atoms with E-state index in [4.69, 9.17) is 0 Å². The zero-order valence-corrected chi connectivity index (χ0v) is 15.0. The second-order valence-electron chi connectivity index (χ2n) is 5.54. The highest BCUT2D eigenvalue weighted by atomic mass is 32.1. The molecule has 3 nitrogen and oxygen atoms in total. The van der Waals surface area contributed by atoms with Crippen LogP contribution in [0.5, 0.6) is 0 Å². The van der Waals surface area contributed by atoms with Crippen LogP contribution in [0.15, 0.2) is 29.6 Å². The van der Waals surface area contributed by atoms with Gasteiger partial charge in [0, 0.05) is 11.2 Å². The lowest BCUT2D eigenvalue weighted by Gasteiger charge is -2.03. The number of nitrogens with one attached hydrogen (secondary N) is 1. The number of rotatable bonds is 6. The Kier molecular flexibility index (Phi) is 5.08. The van der Waals surface area contributed by atoms with Crippen molar-refractivity contribution in [3.8, 4) is 0 Å². The van der Waals surface area contributed by atoms with Crippen molar-refractivity contribution in [2.45, 2.75) is 33.1 Å². The summed E-state index contributed by atoms with van der Waals surface area (Å²) in [5.41, 5.74) is 2.15. The van der Waals surface area contributed by atoms with Gasteiger partial charge in [-0.05, 0) is 48.6 Å². The number of amides is 1. The third-order valence-electron chi connectivity index (χ3n) is 3.75. The van der Waals surface area contributed by atoms with Crippen molar-refractivity contribution in [3.63, 3.8) is 0 Å². The molecule has 0 saturated heterocycles. The fourth-order valence-corrected chi connectivity index (χ4v) is 4.68. The van der Waals surface area contributed by atoms with Gasteiger partial charge < -0.3 is 5.32 Å². The molecule has 23 heavy (non-hydrogen) atoms. The van der Waals surface area contributed by atoms with Crippen LogP contribution >= 0.6 is 22.7 Å². The zero-order valence-electron chi connectivity index (χ0n) is 13.4. The summed E-state index contributed by atoms with van der Waals surface area (Å²) in [6, 6.07) is 8.41. The molecule has 0 atom stereocenters. The van der Waals surface area contributed by atoms with Gasteiger partial charge in [-0.2, -0.15) is 0 Å². The number of carbonyl (C=O) groups excluding carboxylic acids is 1. The molecule has 5 heteroatoms. The maximum Gasteiger partial charge on any atom is 0.263 e. The molecule has 2 aromatic heterocycles. The third-order valence-corrected chi connectivity index (χ3v) is 5.98. The van der Waals surface area contributed by atoms with Crippen molar-refractivity contribution in [2.75, 3.05) is 6.54 Å². The van der Waals surface area contributed by atoms with E-state index in [2.05, 4.69) is 46.9 Å². The van der Waals surface area contributed by atoms with Crippen LogP contribution in [0.3, 0.4) is 0 Å². The van der Waals surface area contributed by atoms with Crippen molar-refractivity contribution in [1.82, 2.24) is 10.3 Å². The average Bonchev–Trinajstić information content (AvgIpc) is 3.12. The Morgan fingerprint density at radius 3 is 2.91 bits per heavy atom. The number of benzene rings is 1. The van der Waals surface area contributed by atoms with Crippen LogP contribution in [0.4, 0.5) is 0 Å². The molecule has 0 bridgehead atoms. The lowest BCUT2D eigenvalue weighted by atomic mass is 10.1. The van der Waals surface area contributed by atoms with Crippen LogP contribution in [-0.4, -0.2) is 17.4 Å². The van der Waals surface area contributed by atoms with Crippen LogP contribution in [0.25, 0.3) is 10.1 Å². The normalized spacial score (nSPS) is 11.0. The molecule has 0 aliphatic heterocycles. The Labute approximate surface area is 144 Å². The molecule has 0 fully saturated rings. The van der Waals surface area contributed by atoms with Crippen LogP contribution in [0.2, 0.25) is 0 Å². The minimum atomic E-state index is 0.00175. The van der Waals surface area contributed by atoms with Crippen LogP contribution in [-0.2, 0) is 12.8 Å². The second kappa shape index (κ2) is 7.23. The average molecular weight is 345 g/mol. The van der Waals surface area contributed by atoms with Gasteiger partial charge in [0.15, 0.2) is 0 Å². The molecule has 3 rings (SSSR count). The lowest BCUT2D eigenvalue weighted by Crippen LogP contribution is -2.25. The van der Waals surface area contributed by atoms with E-state index in [1.165, 1.54) is 27.0 Å². The number of fused-ring (bicyclic) bond motifs is 1. The standard InChI is InChI=1S/C18H20N2OS2/c1-3-6-16-20-12(2)17(23-16)18(21)19-10-9-13-11-22-15-8-5-4-7-14(13)15/h4-5,7-8,11H,3,6,9-10H2,1-2H3,(H,19,21). The SMILES string of the molecule is CCCc1nc(C)c(C(=O)NCCc2csc3ccccc23)s1. The summed E-state index contributed by atoms with van der Waals surface area (Å²) >= 11 is 3.28. The maximum absolute atomic E-state index is 12.3. The number of thiophene rings is 1. The Balaban J connectivity index is 1.61. The van der Waals surface area contributed by atoms with Gasteiger partial charge in [-0.1, -0.05) is 25.1 Å². The first-order chi connectivity index (χ1) is 11.2. The Hall–Kier alpha value is -1.72. The highest BCUT2D eigenvalue weighted by Crippen LogP contribution is 2.25. The molecule has 1 amide bonds. The van der Waals surface area contributed by atoms with Gasteiger partial charge in [0.2, 0.25) is 0 Å². The van der Waals surface area contributed by atoms with Gasteiger partial charge in [0.1, 0.15) is 4.88 Å². The lowest BCUT2D eigenvalue weighted by molar-refractivity contribution is 0.0957. The van der Waals surface area contributed by atoms with E-state index < -0.39 is 0 Å². The minimum Gasteiger partial charge on any atom is -0.351 e. The van der Waals surface area contributed by atoms with E-state index in [-0.39, 0.29) is 5.91 Å². The maximum atomic E-state index is 12.3. The topological polar surface area (TPSA) is 42.0 Å². The number of thiazole rings is 1. The van der Waals surface area contributed by atoms with Gasteiger partial charge in [-0.3, -0.25) is 4.79 Å². The van der Waals surface area contributed by atoms with Crippen molar-refractivity contribution in [2.24, 2.45) is 0 Å². The summed E-state index contributed by atoms with van der Waals surface area (Å²) in [7, 11) is 0. The van der Waals surface area contributed by atoms with Gasteiger partial charge >= 0.3 is 0 Å². The number of hydrogen-bond acceptors (Lipinski definition) is 4. The number of hydrogen-bond donors (Lipinski definition) is 1. The molecular formula is C18H20N2OS2. The van der Waals surface area contributed by atoms with E-state index in [0.717, 1.165) is 34.8 Å². The molecule has 0 aliphatic carbocycles. The number of aromatic nitrogens is 1. The molecule has 120 valence electrons. The first-order valence-electron chi connectivity index (χ1n) is 7.88. The molecule has 0 saturated carbocycles. The summed E-state index contributed by atoms with van der Waals surface area (Å²) in [6.07, 6.45) is 2.86. The van der Waals surface area contributed by atoms with Crippen LogP contribution in [0.1, 0.15) is 39.3 Å². The summed E-state index contributed by atoms with van der Waals surface area (Å²) in [4.78, 5) is 17.6. The summed E-state index contributed by atoms with van der Waals surface area (Å²) in [5.74, 6) is 0.00175. The fraction of sp³-hybridized carbons (Fsp3) is 0.333. The molecule has 2 heterocycles. The highest BCUT2D eigenvalue weighted by Gasteiger charge is 2.14. The molecule has 0 spiro atoms. The molecule has 0 radical (unpaired) electrons. The van der Waals surface area contributed by atoms with Crippen LogP contribution in [0, 0.1) is 6.92 Å². The van der Waals surface area contributed by atoms with Gasteiger partial charge in [-0.15, -0.1) is 22.7 Å². The fourth-order valence-electron chi connectivity index (χ4n) is 2.60. The first-order valence-corrected chi connectivity index (χ1v) is 9.58. The van der Waals surface area contributed by atoms with Crippen molar-refractivity contribution in [3.05, 3.63) is 50.8 Å². The Bertz CT molecular complexity index is 819. The molecular weight excluding hydrogens is 324 g/mol. The summed E-state index contributed by atoms with van der Waals surface area (Å²) < 4.78 is 1.30. The molecule has 0 unspecified atom stereocenters. The number of aryl methyl sites for hydroxylation is 2. The Morgan fingerprint density at radius 1 is 1.26 bits per heavy atom. The molecule has 1 N–H and O–H groups in total. The molecule has 3 aromatic rings. The predicted molar refractivity (Wildman–Crippen MR) is 98.7 cm³/mol. The Morgan fingerprint density at radius 2 is 2.09 bits per heavy atom. The minimum absolute atomic E-state index is 0.00175. The van der Waals surface area contributed by atoms with Gasteiger partial charge in [0.25, 0.3) is 5.91 Å². The number of carbonyl (C=O) groups is 1. The van der Waals surface area contributed by atoms with E-state index in [9.17, 15) is 4.79 Å². The largest absolute Gasteiger partial charge is 0.351 e. The van der Waals surface area contributed by atoms with Crippen molar-refractivity contribution in [1.29, 1.82) is 0 Å². The third kappa shape index (κ3) is 3.62. The quantitative estimate of drug-likeness (QED) is 0.710. The highest BCUT2D eigenvalue weighted by molar-refractivity contribution is 7.17. The summed E-state index contributed by atoms with van der Waals surface area (Å²) in [6.45, 7) is 4.69. The van der Waals surface area contributed by atoms with E-state index in [1.54, 1.807) is 11.3 Å².